The Hall–Kier alpha value is -2.37. The third kappa shape index (κ3) is 5.10. The maximum absolute atomic E-state index is 12.6. The van der Waals surface area contributed by atoms with Crippen LogP contribution in [0.5, 0.6) is 5.75 Å². The van der Waals surface area contributed by atoms with E-state index in [0.29, 0.717) is 24.3 Å². The second-order valence-corrected chi connectivity index (χ2v) is 9.82. The van der Waals surface area contributed by atoms with E-state index in [-0.39, 0.29) is 23.7 Å². The number of Topliss-reactive ketones (excluding diaryl/α,β-unsaturated/α-hetero) is 1. The molecule has 0 saturated heterocycles. The highest BCUT2D eigenvalue weighted by Gasteiger charge is 2.51. The predicted octanol–water partition coefficient (Wildman–Crippen LogP) is 3.92. The number of nitrogens with one attached hydrogen (secondary N) is 1. The number of carbonyl (C=O) groups is 3. The van der Waals surface area contributed by atoms with Crippen molar-refractivity contribution in [3.8, 4) is 5.75 Å². The summed E-state index contributed by atoms with van der Waals surface area (Å²) in [7, 11) is 0. The Morgan fingerprint density at radius 3 is 2.16 bits per heavy atom. The average Bonchev–Trinajstić information content (AvgIpc) is 2.71. The lowest BCUT2D eigenvalue weighted by Gasteiger charge is -2.56. The number of hydrogen-bond donors (Lipinski definition) is 1. The molecule has 0 spiro atoms. The average molecular weight is 428 g/mol. The molecule has 31 heavy (non-hydrogen) atoms. The van der Waals surface area contributed by atoms with Gasteiger partial charge in [-0.25, -0.2) is 0 Å². The van der Waals surface area contributed by atoms with E-state index in [9.17, 15) is 14.4 Å². The van der Waals surface area contributed by atoms with E-state index in [4.69, 9.17) is 9.47 Å². The minimum absolute atomic E-state index is 0.0793. The fourth-order valence-electron chi connectivity index (χ4n) is 6.49. The van der Waals surface area contributed by atoms with Crippen molar-refractivity contribution in [2.24, 2.45) is 23.2 Å². The molecule has 4 aliphatic carbocycles. The molecule has 1 N–H and O–H groups in total. The predicted molar refractivity (Wildman–Crippen MR) is 116 cm³/mol. The standard InChI is InChI=1S/C25H33NO5/c1-3-30-21-6-4-20(5-7-21)24(29)16(2)31-23(28)15-26-22(27)14-25-11-17-8-18(12-25)10-19(9-17)13-25/h4-7,16-19H,3,8-15H2,1-2H3,(H,26,27)/t16-,17?,18?,19?,25?/m1/s1. The fraction of sp³-hybridized carbons (Fsp3) is 0.640. The first-order chi connectivity index (χ1) is 14.9. The van der Waals surface area contributed by atoms with Crippen molar-refractivity contribution in [2.75, 3.05) is 13.2 Å². The molecule has 5 rings (SSSR count). The Kier molecular flexibility index (Phi) is 6.35. The van der Waals surface area contributed by atoms with Gasteiger partial charge in [0.15, 0.2) is 6.10 Å². The molecular formula is C25H33NO5. The van der Waals surface area contributed by atoms with Crippen LogP contribution in [0.3, 0.4) is 0 Å². The first-order valence-corrected chi connectivity index (χ1v) is 11.6. The number of esters is 1. The molecule has 1 aromatic rings. The molecule has 0 aliphatic heterocycles. The quantitative estimate of drug-likeness (QED) is 0.477. The highest BCUT2D eigenvalue weighted by Crippen LogP contribution is 2.61. The van der Waals surface area contributed by atoms with Crippen LogP contribution in [-0.4, -0.2) is 36.9 Å². The third-order valence-corrected chi connectivity index (χ3v) is 7.26. The number of ether oxygens (including phenoxy) is 2. The van der Waals surface area contributed by atoms with Gasteiger partial charge < -0.3 is 14.8 Å². The monoisotopic (exact) mass is 427 g/mol. The van der Waals surface area contributed by atoms with Crippen LogP contribution < -0.4 is 10.1 Å². The molecule has 0 unspecified atom stereocenters. The zero-order valence-electron chi connectivity index (χ0n) is 18.5. The Morgan fingerprint density at radius 2 is 1.61 bits per heavy atom. The fourth-order valence-corrected chi connectivity index (χ4v) is 6.49. The molecule has 0 radical (unpaired) electrons. The van der Waals surface area contributed by atoms with E-state index in [1.165, 1.54) is 19.3 Å². The van der Waals surface area contributed by atoms with E-state index in [1.54, 1.807) is 31.2 Å². The second kappa shape index (κ2) is 9.01. The highest BCUT2D eigenvalue weighted by atomic mass is 16.5. The summed E-state index contributed by atoms with van der Waals surface area (Å²) in [6.45, 7) is 3.79. The smallest absolute Gasteiger partial charge is 0.326 e. The van der Waals surface area contributed by atoms with Crippen molar-refractivity contribution >= 4 is 17.7 Å². The molecule has 168 valence electrons. The van der Waals surface area contributed by atoms with Gasteiger partial charge in [-0.15, -0.1) is 0 Å². The van der Waals surface area contributed by atoms with Crippen molar-refractivity contribution in [3.63, 3.8) is 0 Å². The van der Waals surface area contributed by atoms with E-state index >= 15 is 0 Å². The molecular weight excluding hydrogens is 394 g/mol. The molecule has 6 nitrogen and oxygen atoms in total. The topological polar surface area (TPSA) is 81.7 Å². The Morgan fingerprint density at radius 1 is 1.03 bits per heavy atom. The molecule has 4 saturated carbocycles. The molecule has 1 amide bonds. The number of carbonyl (C=O) groups excluding carboxylic acids is 3. The Labute approximate surface area is 184 Å². The van der Waals surface area contributed by atoms with Gasteiger partial charge in [0.2, 0.25) is 11.7 Å². The Bertz CT molecular complexity index is 796. The number of hydrogen-bond acceptors (Lipinski definition) is 5. The van der Waals surface area contributed by atoms with Gasteiger partial charge in [0.1, 0.15) is 12.3 Å². The number of rotatable bonds is 9. The van der Waals surface area contributed by atoms with E-state index < -0.39 is 12.1 Å². The van der Waals surface area contributed by atoms with Crippen molar-refractivity contribution < 1.29 is 23.9 Å². The number of ketones is 1. The van der Waals surface area contributed by atoms with Gasteiger partial charge in [-0.05, 0) is 99.8 Å². The van der Waals surface area contributed by atoms with Crippen LogP contribution >= 0.6 is 0 Å². The normalized spacial score (nSPS) is 29.3. The van der Waals surface area contributed by atoms with Gasteiger partial charge in [-0.3, -0.25) is 14.4 Å². The summed E-state index contributed by atoms with van der Waals surface area (Å²) in [4.78, 5) is 37.2. The minimum atomic E-state index is -0.912. The summed E-state index contributed by atoms with van der Waals surface area (Å²) >= 11 is 0. The van der Waals surface area contributed by atoms with Crippen LogP contribution in [0.15, 0.2) is 24.3 Å². The van der Waals surface area contributed by atoms with Gasteiger partial charge in [-0.2, -0.15) is 0 Å². The molecule has 0 heterocycles. The van der Waals surface area contributed by atoms with Gasteiger partial charge in [0.05, 0.1) is 6.61 Å². The number of benzene rings is 1. The van der Waals surface area contributed by atoms with Crippen molar-refractivity contribution in [1.82, 2.24) is 5.32 Å². The molecule has 1 atom stereocenters. The zero-order chi connectivity index (χ0) is 22.0. The van der Waals surface area contributed by atoms with Crippen LogP contribution in [0.1, 0.15) is 69.2 Å². The van der Waals surface area contributed by atoms with E-state index in [0.717, 1.165) is 37.0 Å². The van der Waals surface area contributed by atoms with Crippen LogP contribution in [-0.2, 0) is 14.3 Å². The van der Waals surface area contributed by atoms with E-state index in [2.05, 4.69) is 5.32 Å². The van der Waals surface area contributed by atoms with Crippen LogP contribution in [0.25, 0.3) is 0 Å². The molecule has 6 heteroatoms. The van der Waals surface area contributed by atoms with Crippen LogP contribution in [0.4, 0.5) is 0 Å². The lowest BCUT2D eigenvalue weighted by Crippen LogP contribution is -2.48. The summed E-state index contributed by atoms with van der Waals surface area (Å²) in [5.41, 5.74) is 0.592. The molecule has 1 aromatic carbocycles. The molecule has 0 aromatic heterocycles. The van der Waals surface area contributed by atoms with Crippen LogP contribution in [0.2, 0.25) is 0 Å². The van der Waals surface area contributed by atoms with Crippen molar-refractivity contribution in [1.29, 1.82) is 0 Å². The van der Waals surface area contributed by atoms with Crippen molar-refractivity contribution in [3.05, 3.63) is 29.8 Å². The summed E-state index contributed by atoms with van der Waals surface area (Å²) < 4.78 is 10.6. The second-order valence-electron chi connectivity index (χ2n) is 9.82. The summed E-state index contributed by atoms with van der Waals surface area (Å²) in [6.07, 6.45) is 7.09. The molecule has 4 bridgehead atoms. The first-order valence-electron chi connectivity index (χ1n) is 11.6. The SMILES string of the molecule is CCOc1ccc(C(=O)[C@@H](C)OC(=O)CNC(=O)CC23CC4CC(CC(C4)C2)C3)cc1. The van der Waals surface area contributed by atoms with E-state index in [1.807, 2.05) is 6.92 Å². The largest absolute Gasteiger partial charge is 0.494 e. The highest BCUT2D eigenvalue weighted by molar-refractivity contribution is 6.00. The zero-order valence-corrected chi connectivity index (χ0v) is 18.5. The first kappa shape index (κ1) is 21.8. The summed E-state index contributed by atoms with van der Waals surface area (Å²) in [5, 5.41) is 2.72. The van der Waals surface area contributed by atoms with Gasteiger partial charge >= 0.3 is 5.97 Å². The van der Waals surface area contributed by atoms with Gasteiger partial charge in [-0.1, -0.05) is 0 Å². The maximum Gasteiger partial charge on any atom is 0.326 e. The van der Waals surface area contributed by atoms with Crippen molar-refractivity contribution in [2.45, 2.75) is 64.9 Å². The lowest BCUT2D eigenvalue weighted by molar-refractivity contribution is -0.147. The summed E-state index contributed by atoms with van der Waals surface area (Å²) in [6, 6.07) is 6.75. The van der Waals surface area contributed by atoms with Crippen LogP contribution in [0, 0.1) is 23.2 Å². The summed E-state index contributed by atoms with van der Waals surface area (Å²) in [5.74, 6) is 2.10. The third-order valence-electron chi connectivity index (χ3n) is 7.26. The van der Waals surface area contributed by atoms with Gasteiger partial charge in [0, 0.05) is 12.0 Å². The molecule has 4 fully saturated rings. The Balaban J connectivity index is 1.22. The molecule has 4 aliphatic rings. The number of amides is 1. The van der Waals surface area contributed by atoms with Gasteiger partial charge in [0.25, 0.3) is 0 Å². The minimum Gasteiger partial charge on any atom is -0.494 e. The lowest BCUT2D eigenvalue weighted by atomic mass is 9.49. The maximum atomic E-state index is 12.6.